The molecule has 236 valence electrons. The Morgan fingerprint density at radius 3 is 2.45 bits per heavy atom. The monoisotopic (exact) mass is 668 g/mol. The average molecular weight is 670 g/mol. The van der Waals surface area contributed by atoms with Crippen LogP contribution >= 0.6 is 15.9 Å². The van der Waals surface area contributed by atoms with Gasteiger partial charge in [-0.2, -0.15) is 5.10 Å². The lowest BCUT2D eigenvalue weighted by molar-refractivity contribution is -0.130. The Morgan fingerprint density at radius 1 is 1.11 bits per heavy atom. The first-order valence-electron chi connectivity index (χ1n) is 14.8. The quantitative estimate of drug-likeness (QED) is 0.268. The molecule has 44 heavy (non-hydrogen) atoms. The zero-order valence-electron chi connectivity index (χ0n) is 25.6. The third kappa shape index (κ3) is 9.20. The lowest BCUT2D eigenvalue weighted by Gasteiger charge is -2.32. The molecule has 1 atom stereocenters. The van der Waals surface area contributed by atoms with E-state index < -0.39 is 23.6 Å². The number of ether oxygens (including phenoxy) is 2. The lowest BCUT2D eigenvalue weighted by Crippen LogP contribution is -2.50. The van der Waals surface area contributed by atoms with E-state index in [0.717, 1.165) is 28.4 Å². The van der Waals surface area contributed by atoms with Crippen molar-refractivity contribution in [1.29, 1.82) is 0 Å². The van der Waals surface area contributed by atoms with E-state index in [9.17, 15) is 14.4 Å². The summed E-state index contributed by atoms with van der Waals surface area (Å²) in [5, 5.41) is 9.91. The highest BCUT2D eigenvalue weighted by atomic mass is 79.9. The van der Waals surface area contributed by atoms with Crippen molar-refractivity contribution in [1.82, 2.24) is 20.5 Å². The minimum Gasteiger partial charge on any atom is -0.444 e. The van der Waals surface area contributed by atoms with Crippen molar-refractivity contribution in [2.75, 3.05) is 18.6 Å². The van der Waals surface area contributed by atoms with Gasteiger partial charge in [-0.3, -0.25) is 14.7 Å². The SMILES string of the molecule is COCc1nc(-c2ccc(N(C(=O)C3CCC(CNC(=O)OC(C)(C)C)CC3)C(=O)[C@@H](N)Cc3cccc(Br)c3)cc2)n[nH]1. The normalized spacial score (nSPS) is 17.5. The van der Waals surface area contributed by atoms with Crippen molar-refractivity contribution in [3.63, 3.8) is 0 Å². The van der Waals surface area contributed by atoms with E-state index in [-0.39, 0.29) is 24.2 Å². The molecule has 11 nitrogen and oxygen atoms in total. The molecule has 1 aromatic heterocycles. The van der Waals surface area contributed by atoms with Crippen LogP contribution in [0.25, 0.3) is 11.4 Å². The number of benzene rings is 2. The van der Waals surface area contributed by atoms with Crippen LogP contribution in [-0.4, -0.2) is 58.4 Å². The Balaban J connectivity index is 1.49. The van der Waals surface area contributed by atoms with Crippen molar-refractivity contribution in [2.45, 2.75) is 71.1 Å². The van der Waals surface area contributed by atoms with Gasteiger partial charge >= 0.3 is 6.09 Å². The van der Waals surface area contributed by atoms with Crippen molar-refractivity contribution in [2.24, 2.45) is 17.6 Å². The minimum atomic E-state index is -0.924. The maximum Gasteiger partial charge on any atom is 0.407 e. The van der Waals surface area contributed by atoms with Gasteiger partial charge in [0, 0.05) is 29.6 Å². The van der Waals surface area contributed by atoms with Gasteiger partial charge in [-0.25, -0.2) is 14.7 Å². The third-order valence-corrected chi connectivity index (χ3v) is 7.92. The third-order valence-electron chi connectivity index (χ3n) is 7.43. The highest BCUT2D eigenvalue weighted by molar-refractivity contribution is 9.10. The summed E-state index contributed by atoms with van der Waals surface area (Å²) in [6.07, 6.45) is 2.51. The number of nitrogens with zero attached hydrogens (tertiary/aromatic N) is 3. The number of anilines is 1. The number of halogens is 1. The van der Waals surface area contributed by atoms with E-state index in [4.69, 9.17) is 15.2 Å². The Hall–Kier alpha value is -3.61. The number of methoxy groups -OCH3 is 1. The van der Waals surface area contributed by atoms with E-state index in [1.54, 1.807) is 31.4 Å². The van der Waals surface area contributed by atoms with Crippen molar-refractivity contribution in [3.05, 3.63) is 64.4 Å². The second-order valence-corrected chi connectivity index (χ2v) is 13.1. The van der Waals surface area contributed by atoms with Gasteiger partial charge in [0.05, 0.1) is 11.7 Å². The summed E-state index contributed by atoms with van der Waals surface area (Å²) in [7, 11) is 1.58. The van der Waals surface area contributed by atoms with Gasteiger partial charge < -0.3 is 20.5 Å². The number of hydrogen-bond acceptors (Lipinski definition) is 8. The molecule has 0 unspecified atom stereocenters. The number of aromatic nitrogens is 3. The molecule has 1 heterocycles. The largest absolute Gasteiger partial charge is 0.444 e. The fourth-order valence-corrected chi connectivity index (χ4v) is 5.70. The van der Waals surface area contributed by atoms with Crippen LogP contribution in [0.4, 0.5) is 10.5 Å². The number of carbonyl (C=O) groups excluding carboxylic acids is 3. The van der Waals surface area contributed by atoms with E-state index in [1.807, 2.05) is 45.0 Å². The molecule has 3 amide bonds. The number of hydrogen-bond donors (Lipinski definition) is 3. The summed E-state index contributed by atoms with van der Waals surface area (Å²) in [6, 6.07) is 13.7. The zero-order chi connectivity index (χ0) is 31.9. The Labute approximate surface area is 266 Å². The standard InChI is InChI=1S/C32H41BrN6O5/c1-32(2,3)44-31(42)35-18-20-8-10-23(11-9-20)29(40)39(30(41)26(34)17-21-6-5-7-24(33)16-21)25-14-12-22(13-15-25)28-36-27(19-43-4)37-38-28/h5-7,12-16,20,23,26H,8-11,17-19,34H2,1-4H3,(H,35,42)(H,36,37,38)/t20?,23?,26-/m0/s1. The first kappa shape index (κ1) is 33.3. The van der Waals surface area contributed by atoms with Crippen molar-refractivity contribution >= 4 is 39.5 Å². The number of nitrogens with one attached hydrogen (secondary N) is 2. The highest BCUT2D eigenvalue weighted by Crippen LogP contribution is 2.32. The van der Waals surface area contributed by atoms with Crippen LogP contribution in [0, 0.1) is 11.8 Å². The van der Waals surface area contributed by atoms with Crippen LogP contribution in [-0.2, 0) is 32.1 Å². The number of aromatic amines is 1. The molecule has 1 fully saturated rings. The average Bonchev–Trinajstić information content (AvgIpc) is 3.45. The summed E-state index contributed by atoms with van der Waals surface area (Å²) < 4.78 is 11.3. The van der Waals surface area contributed by atoms with Crippen LogP contribution in [0.3, 0.4) is 0 Å². The van der Waals surface area contributed by atoms with Crippen LogP contribution < -0.4 is 16.0 Å². The molecule has 0 radical (unpaired) electrons. The van der Waals surface area contributed by atoms with E-state index in [0.29, 0.717) is 43.3 Å². The molecule has 4 N–H and O–H groups in total. The number of imide groups is 1. The van der Waals surface area contributed by atoms with Gasteiger partial charge in [-0.15, -0.1) is 0 Å². The lowest BCUT2D eigenvalue weighted by atomic mass is 9.81. The number of amides is 3. The first-order valence-corrected chi connectivity index (χ1v) is 15.6. The zero-order valence-corrected chi connectivity index (χ0v) is 27.2. The molecule has 1 aliphatic carbocycles. The van der Waals surface area contributed by atoms with Crippen LogP contribution in [0.1, 0.15) is 57.8 Å². The highest BCUT2D eigenvalue weighted by Gasteiger charge is 2.35. The molecule has 4 rings (SSSR count). The van der Waals surface area contributed by atoms with Gasteiger partial charge in [0.1, 0.15) is 12.2 Å². The molecule has 1 saturated carbocycles. The Bertz CT molecular complexity index is 1430. The number of carbonyl (C=O) groups is 3. The second kappa shape index (κ2) is 14.9. The number of nitrogens with two attached hydrogens (primary N) is 1. The molecule has 0 saturated heterocycles. The Kier molecular flexibility index (Phi) is 11.3. The Morgan fingerprint density at radius 2 is 1.82 bits per heavy atom. The topological polar surface area (TPSA) is 153 Å². The molecule has 12 heteroatoms. The molecule has 0 spiro atoms. The van der Waals surface area contributed by atoms with Crippen LogP contribution in [0.15, 0.2) is 53.0 Å². The maximum absolute atomic E-state index is 14.0. The molecule has 1 aliphatic rings. The fourth-order valence-electron chi connectivity index (χ4n) is 5.26. The van der Waals surface area contributed by atoms with Crippen LogP contribution in [0.5, 0.6) is 0 Å². The summed E-state index contributed by atoms with van der Waals surface area (Å²) in [5.41, 5.74) is 7.93. The summed E-state index contributed by atoms with van der Waals surface area (Å²) >= 11 is 3.46. The van der Waals surface area contributed by atoms with E-state index in [2.05, 4.69) is 36.4 Å². The van der Waals surface area contributed by atoms with Crippen LogP contribution in [0.2, 0.25) is 0 Å². The summed E-state index contributed by atoms with van der Waals surface area (Å²) in [6.45, 7) is 6.24. The number of H-pyrrole nitrogens is 1. The molecule has 3 aromatic rings. The van der Waals surface area contributed by atoms with Gasteiger partial charge in [-0.05, 0) is 101 Å². The predicted octanol–water partition coefficient (Wildman–Crippen LogP) is 5.14. The molecule has 0 aliphatic heterocycles. The summed E-state index contributed by atoms with van der Waals surface area (Å²) in [4.78, 5) is 45.6. The van der Waals surface area contributed by atoms with Gasteiger partial charge in [0.25, 0.3) is 5.91 Å². The molecular formula is C32H41BrN6O5. The smallest absolute Gasteiger partial charge is 0.407 e. The fraction of sp³-hybridized carbons (Fsp3) is 0.469. The van der Waals surface area contributed by atoms with E-state index in [1.165, 1.54) is 4.90 Å². The number of rotatable bonds is 10. The minimum absolute atomic E-state index is 0.220. The van der Waals surface area contributed by atoms with Gasteiger partial charge in [0.15, 0.2) is 11.6 Å². The summed E-state index contributed by atoms with van der Waals surface area (Å²) in [5.74, 6) is 0.214. The van der Waals surface area contributed by atoms with Crippen molar-refractivity contribution in [3.8, 4) is 11.4 Å². The van der Waals surface area contributed by atoms with E-state index >= 15 is 0 Å². The van der Waals surface area contributed by atoms with Gasteiger partial charge in [-0.1, -0.05) is 28.1 Å². The first-order chi connectivity index (χ1) is 20.9. The second-order valence-electron chi connectivity index (χ2n) is 12.1. The maximum atomic E-state index is 14.0. The molecular weight excluding hydrogens is 628 g/mol. The predicted molar refractivity (Wildman–Crippen MR) is 171 cm³/mol. The molecule has 0 bridgehead atoms. The molecule has 2 aromatic carbocycles. The number of alkyl carbamates (subject to hydrolysis) is 1. The van der Waals surface area contributed by atoms with Gasteiger partial charge in [0.2, 0.25) is 5.91 Å². The van der Waals surface area contributed by atoms with Crippen molar-refractivity contribution < 1.29 is 23.9 Å².